The van der Waals surface area contributed by atoms with Crippen molar-refractivity contribution in [1.29, 1.82) is 0 Å². The Labute approximate surface area is 121 Å². The lowest BCUT2D eigenvalue weighted by Gasteiger charge is -2.26. The summed E-state index contributed by atoms with van der Waals surface area (Å²) in [5.41, 5.74) is 2.10. The van der Waals surface area contributed by atoms with Crippen molar-refractivity contribution in [2.24, 2.45) is 0 Å². The lowest BCUT2D eigenvalue weighted by Crippen LogP contribution is -2.38. The highest BCUT2D eigenvalue weighted by Crippen LogP contribution is 2.19. The van der Waals surface area contributed by atoms with E-state index in [1.807, 2.05) is 6.92 Å². The van der Waals surface area contributed by atoms with E-state index in [9.17, 15) is 9.90 Å². The summed E-state index contributed by atoms with van der Waals surface area (Å²) in [6, 6.07) is 1.72. The van der Waals surface area contributed by atoms with Crippen LogP contribution in [-0.4, -0.2) is 53.9 Å². The number of nitrogens with zero attached hydrogens (tertiary/aromatic N) is 4. The summed E-state index contributed by atoms with van der Waals surface area (Å²) in [6.45, 7) is 2.97. The average Bonchev–Trinajstić information content (AvgIpc) is 3.10. The van der Waals surface area contributed by atoms with Gasteiger partial charge in [0, 0.05) is 18.4 Å². The second-order valence-corrected chi connectivity index (χ2v) is 5.12. The molecule has 8 nitrogen and oxygen atoms in total. The van der Waals surface area contributed by atoms with Crippen LogP contribution in [0.2, 0.25) is 0 Å². The normalized spacial score (nSPS) is 15.9. The number of carbonyl (C=O) groups is 1. The van der Waals surface area contributed by atoms with Crippen molar-refractivity contribution in [3.63, 3.8) is 0 Å². The van der Waals surface area contributed by atoms with Crippen LogP contribution >= 0.6 is 0 Å². The molecule has 0 aromatic carbocycles. The molecule has 3 heterocycles. The Morgan fingerprint density at radius 2 is 2.33 bits per heavy atom. The summed E-state index contributed by atoms with van der Waals surface area (Å²) in [4.78, 5) is 21.0. The monoisotopic (exact) mass is 291 g/mol. The summed E-state index contributed by atoms with van der Waals surface area (Å²) in [6.07, 6.45) is 0.636. The van der Waals surface area contributed by atoms with Gasteiger partial charge in [0.15, 0.2) is 5.82 Å². The molecule has 0 spiro atoms. The molecule has 0 saturated carbocycles. The standard InChI is InChI=1S/C13H17N5O3/c1-8-5-14-12(15-8)13(21)17-2-3-18-9(6-17)4-10(16-18)11(20)7-19/h4-5,11,19-20H,2-3,6-7H2,1H3,(H,14,15)/t11-/m1/s1. The second-order valence-electron chi connectivity index (χ2n) is 5.12. The lowest BCUT2D eigenvalue weighted by atomic mass is 10.2. The van der Waals surface area contributed by atoms with Crippen LogP contribution in [-0.2, 0) is 13.1 Å². The lowest BCUT2D eigenvalue weighted by molar-refractivity contribution is 0.0693. The van der Waals surface area contributed by atoms with Gasteiger partial charge in [-0.25, -0.2) is 4.98 Å². The van der Waals surface area contributed by atoms with Gasteiger partial charge < -0.3 is 20.1 Å². The summed E-state index contributed by atoms with van der Waals surface area (Å²) in [5.74, 6) is 0.177. The number of H-pyrrole nitrogens is 1. The van der Waals surface area contributed by atoms with Crippen molar-refractivity contribution in [3.8, 4) is 0 Å². The first-order valence-electron chi connectivity index (χ1n) is 6.75. The number of amides is 1. The summed E-state index contributed by atoms with van der Waals surface area (Å²) in [7, 11) is 0. The summed E-state index contributed by atoms with van der Waals surface area (Å²) < 4.78 is 1.76. The molecular weight excluding hydrogens is 274 g/mol. The number of aromatic nitrogens is 4. The molecule has 1 atom stereocenters. The minimum absolute atomic E-state index is 0.153. The maximum Gasteiger partial charge on any atom is 0.290 e. The van der Waals surface area contributed by atoms with E-state index in [-0.39, 0.29) is 12.5 Å². The minimum atomic E-state index is -0.986. The van der Waals surface area contributed by atoms with Gasteiger partial charge in [0.25, 0.3) is 5.91 Å². The highest BCUT2D eigenvalue weighted by molar-refractivity contribution is 5.90. The SMILES string of the molecule is Cc1cnc(C(=O)N2CCn3nc([C@H](O)CO)cc3C2)[nH]1. The van der Waals surface area contributed by atoms with Crippen LogP contribution in [0.1, 0.15) is 33.8 Å². The van der Waals surface area contributed by atoms with E-state index in [0.29, 0.717) is 31.2 Å². The smallest absolute Gasteiger partial charge is 0.290 e. The number of rotatable bonds is 3. The molecule has 0 unspecified atom stereocenters. The number of hydrogen-bond donors (Lipinski definition) is 3. The molecule has 1 amide bonds. The van der Waals surface area contributed by atoms with Gasteiger partial charge in [-0.15, -0.1) is 0 Å². The maximum absolute atomic E-state index is 12.3. The van der Waals surface area contributed by atoms with Crippen LogP contribution in [0.25, 0.3) is 0 Å². The van der Waals surface area contributed by atoms with Crippen LogP contribution in [0, 0.1) is 6.92 Å². The molecule has 112 valence electrons. The van der Waals surface area contributed by atoms with E-state index < -0.39 is 6.10 Å². The van der Waals surface area contributed by atoms with Crippen molar-refractivity contribution in [2.75, 3.05) is 13.2 Å². The Kier molecular flexibility index (Phi) is 3.48. The van der Waals surface area contributed by atoms with Crippen LogP contribution in [0.4, 0.5) is 0 Å². The zero-order chi connectivity index (χ0) is 15.0. The first-order chi connectivity index (χ1) is 10.1. The molecule has 1 aliphatic rings. The van der Waals surface area contributed by atoms with Crippen LogP contribution in [0.5, 0.6) is 0 Å². The molecule has 2 aromatic rings. The number of aliphatic hydroxyl groups is 2. The fourth-order valence-electron chi connectivity index (χ4n) is 2.39. The molecule has 3 rings (SSSR count). The third-order valence-corrected chi connectivity index (χ3v) is 3.52. The Morgan fingerprint density at radius 1 is 1.52 bits per heavy atom. The van der Waals surface area contributed by atoms with E-state index in [1.165, 1.54) is 0 Å². The van der Waals surface area contributed by atoms with Crippen LogP contribution in [0.3, 0.4) is 0 Å². The van der Waals surface area contributed by atoms with E-state index in [2.05, 4.69) is 15.1 Å². The third-order valence-electron chi connectivity index (χ3n) is 3.52. The van der Waals surface area contributed by atoms with Gasteiger partial charge in [-0.2, -0.15) is 5.10 Å². The van der Waals surface area contributed by atoms with Crippen molar-refractivity contribution < 1.29 is 15.0 Å². The number of nitrogens with one attached hydrogen (secondary N) is 1. The van der Waals surface area contributed by atoms with Gasteiger partial charge in [0.05, 0.1) is 31.1 Å². The first-order valence-corrected chi connectivity index (χ1v) is 6.75. The highest BCUT2D eigenvalue weighted by Gasteiger charge is 2.25. The van der Waals surface area contributed by atoms with Gasteiger partial charge >= 0.3 is 0 Å². The average molecular weight is 291 g/mol. The number of fused-ring (bicyclic) bond motifs is 1. The molecule has 1 aliphatic heterocycles. The second kappa shape index (κ2) is 5.30. The van der Waals surface area contributed by atoms with Crippen LogP contribution < -0.4 is 0 Å². The molecule has 0 bridgehead atoms. The van der Waals surface area contributed by atoms with E-state index in [1.54, 1.807) is 21.8 Å². The molecule has 8 heteroatoms. The fraction of sp³-hybridized carbons (Fsp3) is 0.462. The molecular formula is C13H17N5O3. The van der Waals surface area contributed by atoms with Crippen molar-refractivity contribution in [3.05, 3.63) is 35.2 Å². The Bertz CT molecular complexity index is 663. The Hall–Kier alpha value is -2.19. The van der Waals surface area contributed by atoms with E-state index >= 15 is 0 Å². The number of imidazole rings is 1. The first kappa shape index (κ1) is 13.8. The number of hydrogen-bond acceptors (Lipinski definition) is 5. The number of aromatic amines is 1. The van der Waals surface area contributed by atoms with Gasteiger partial charge in [0.1, 0.15) is 6.10 Å². The molecule has 0 fully saturated rings. The summed E-state index contributed by atoms with van der Waals surface area (Å²) >= 11 is 0. The molecule has 0 radical (unpaired) electrons. The van der Waals surface area contributed by atoms with Crippen molar-refractivity contribution in [1.82, 2.24) is 24.6 Å². The molecule has 21 heavy (non-hydrogen) atoms. The van der Waals surface area contributed by atoms with Crippen molar-refractivity contribution >= 4 is 5.91 Å². The Morgan fingerprint density at radius 3 is 3.00 bits per heavy atom. The summed E-state index contributed by atoms with van der Waals surface area (Å²) in [5, 5.41) is 22.8. The number of carbonyl (C=O) groups excluding carboxylic acids is 1. The zero-order valence-electron chi connectivity index (χ0n) is 11.7. The van der Waals surface area contributed by atoms with Crippen molar-refractivity contribution in [2.45, 2.75) is 26.1 Å². The number of aryl methyl sites for hydroxylation is 1. The zero-order valence-corrected chi connectivity index (χ0v) is 11.7. The van der Waals surface area contributed by atoms with Gasteiger partial charge in [-0.1, -0.05) is 0 Å². The highest BCUT2D eigenvalue weighted by atomic mass is 16.3. The molecule has 0 saturated heterocycles. The quantitative estimate of drug-likeness (QED) is 0.713. The van der Waals surface area contributed by atoms with Gasteiger partial charge in [0.2, 0.25) is 0 Å². The largest absolute Gasteiger partial charge is 0.393 e. The fourth-order valence-corrected chi connectivity index (χ4v) is 2.39. The van der Waals surface area contributed by atoms with E-state index in [4.69, 9.17) is 5.11 Å². The van der Waals surface area contributed by atoms with Gasteiger partial charge in [-0.05, 0) is 13.0 Å². The van der Waals surface area contributed by atoms with Gasteiger partial charge in [-0.3, -0.25) is 9.48 Å². The Balaban J connectivity index is 1.78. The predicted octanol–water partition coefficient (Wildman–Crippen LogP) is -0.404. The molecule has 0 aliphatic carbocycles. The minimum Gasteiger partial charge on any atom is -0.393 e. The third kappa shape index (κ3) is 2.55. The number of aliphatic hydroxyl groups excluding tert-OH is 2. The topological polar surface area (TPSA) is 107 Å². The molecule has 2 aromatic heterocycles. The molecule has 3 N–H and O–H groups in total. The van der Waals surface area contributed by atoms with E-state index in [0.717, 1.165) is 11.4 Å². The predicted molar refractivity (Wildman–Crippen MR) is 72.3 cm³/mol. The maximum atomic E-state index is 12.3. The van der Waals surface area contributed by atoms with Crippen LogP contribution in [0.15, 0.2) is 12.3 Å².